The number of methoxy groups -OCH3 is 2. The van der Waals surface area contributed by atoms with Crippen LogP contribution in [-0.4, -0.2) is 30.9 Å². The van der Waals surface area contributed by atoms with Crippen molar-refractivity contribution in [1.82, 2.24) is 4.98 Å². The predicted octanol–water partition coefficient (Wildman–Crippen LogP) is 5.77. The van der Waals surface area contributed by atoms with Gasteiger partial charge in [-0.3, -0.25) is 4.79 Å². The molecule has 2 aromatic carbocycles. The number of nitrogens with zero attached hydrogens (tertiary/aromatic N) is 1. The number of anilines is 1. The fourth-order valence-electron chi connectivity index (χ4n) is 2.70. The van der Waals surface area contributed by atoms with Gasteiger partial charge in [-0.2, -0.15) is 0 Å². The molecule has 1 N–H and O–H groups in total. The number of rotatable bonds is 8. The summed E-state index contributed by atoms with van der Waals surface area (Å²) in [5.41, 5.74) is 3.65. The van der Waals surface area contributed by atoms with Gasteiger partial charge in [-0.15, -0.1) is 23.1 Å². The number of ether oxygens (including phenoxy) is 2. The van der Waals surface area contributed by atoms with E-state index in [1.165, 1.54) is 11.8 Å². The molecule has 0 saturated heterocycles. The normalized spacial score (nSPS) is 10.6. The summed E-state index contributed by atoms with van der Waals surface area (Å²) in [5, 5.41) is 5.83. The summed E-state index contributed by atoms with van der Waals surface area (Å²) in [6.45, 7) is 1.98. The molecule has 0 fully saturated rings. The van der Waals surface area contributed by atoms with Crippen LogP contribution in [0.5, 0.6) is 11.5 Å². The molecule has 0 atom stereocenters. The minimum Gasteiger partial charge on any atom is -0.496 e. The lowest BCUT2D eigenvalue weighted by Crippen LogP contribution is -2.15. The van der Waals surface area contributed by atoms with Crippen molar-refractivity contribution in [3.8, 4) is 22.1 Å². The van der Waals surface area contributed by atoms with E-state index in [1.54, 1.807) is 25.6 Å². The number of nitrogens with one attached hydrogen (secondary N) is 1. The van der Waals surface area contributed by atoms with Crippen LogP contribution in [0.3, 0.4) is 0 Å². The summed E-state index contributed by atoms with van der Waals surface area (Å²) in [7, 11) is 3.24. The van der Waals surface area contributed by atoms with Crippen LogP contribution in [0.4, 0.5) is 5.69 Å². The van der Waals surface area contributed by atoms with Gasteiger partial charge < -0.3 is 14.8 Å². The smallest absolute Gasteiger partial charge is 0.234 e. The van der Waals surface area contributed by atoms with E-state index in [-0.39, 0.29) is 5.91 Å². The van der Waals surface area contributed by atoms with Crippen LogP contribution in [0.2, 0.25) is 0 Å². The molecule has 1 heterocycles. The first kappa shape index (κ1) is 21.7. The summed E-state index contributed by atoms with van der Waals surface area (Å²) in [6.07, 6.45) is 0. The Labute approximate surface area is 187 Å². The quantitative estimate of drug-likeness (QED) is 0.432. The number of amides is 1. The molecule has 152 valence electrons. The molecule has 0 unspecified atom stereocenters. The summed E-state index contributed by atoms with van der Waals surface area (Å²) in [4.78, 5) is 17.0. The van der Waals surface area contributed by atoms with Gasteiger partial charge in [-0.25, -0.2) is 4.98 Å². The number of aryl methyl sites for hydroxylation is 1. The number of carbonyl (C=O) groups is 1. The zero-order chi connectivity index (χ0) is 20.8. The number of thiazole rings is 1. The van der Waals surface area contributed by atoms with Crippen LogP contribution in [0, 0.1) is 6.92 Å². The molecule has 5 nitrogen and oxygen atoms in total. The van der Waals surface area contributed by atoms with Crippen molar-refractivity contribution in [2.45, 2.75) is 12.7 Å². The third kappa shape index (κ3) is 5.74. The molecule has 3 aromatic rings. The lowest BCUT2D eigenvalue weighted by Gasteiger charge is -2.10. The minimum absolute atomic E-state index is 0.0667. The van der Waals surface area contributed by atoms with E-state index in [0.29, 0.717) is 22.9 Å². The van der Waals surface area contributed by atoms with Gasteiger partial charge in [-0.1, -0.05) is 22.0 Å². The summed E-state index contributed by atoms with van der Waals surface area (Å²) >= 11 is 6.58. The van der Waals surface area contributed by atoms with Crippen molar-refractivity contribution in [3.05, 3.63) is 57.5 Å². The number of hydrogen-bond acceptors (Lipinski definition) is 6. The Hall–Kier alpha value is -2.03. The maximum absolute atomic E-state index is 12.3. The van der Waals surface area contributed by atoms with Gasteiger partial charge in [0.1, 0.15) is 16.5 Å². The Balaban J connectivity index is 1.57. The highest BCUT2D eigenvalue weighted by molar-refractivity contribution is 9.10. The topological polar surface area (TPSA) is 60.5 Å². The third-order valence-corrected chi connectivity index (χ3v) is 6.44. The summed E-state index contributed by atoms with van der Waals surface area (Å²) in [6, 6.07) is 11.6. The van der Waals surface area contributed by atoms with Gasteiger partial charge in [0.05, 0.1) is 36.9 Å². The van der Waals surface area contributed by atoms with E-state index in [2.05, 4.69) is 21.2 Å². The molecule has 0 spiro atoms. The van der Waals surface area contributed by atoms with Crippen LogP contribution in [0.25, 0.3) is 10.6 Å². The number of thioether (sulfide) groups is 1. The summed E-state index contributed by atoms with van der Waals surface area (Å²) < 4.78 is 11.7. The molecule has 0 aliphatic rings. The van der Waals surface area contributed by atoms with E-state index in [4.69, 9.17) is 14.5 Å². The highest BCUT2D eigenvalue weighted by Crippen LogP contribution is 2.35. The molecular weight excluding hydrogens is 472 g/mol. The Kier molecular flexibility index (Phi) is 7.57. The molecule has 29 heavy (non-hydrogen) atoms. The largest absolute Gasteiger partial charge is 0.496 e. The number of carbonyl (C=O) groups excluding carboxylic acids is 1. The highest BCUT2D eigenvalue weighted by atomic mass is 79.9. The average Bonchev–Trinajstić information content (AvgIpc) is 3.17. The van der Waals surface area contributed by atoms with Crippen LogP contribution >= 0.6 is 39.0 Å². The van der Waals surface area contributed by atoms with E-state index < -0.39 is 0 Å². The van der Waals surface area contributed by atoms with Gasteiger partial charge in [0.15, 0.2) is 0 Å². The standard InChI is InChI=1S/C21H21BrN2O3S2/c1-13-4-6-19(27-3)17(8-13)24-20(25)12-28-10-15-11-29-21(23-15)16-9-14(22)5-7-18(16)26-2/h4-9,11H,10,12H2,1-3H3,(H,24,25). The van der Waals surface area contributed by atoms with Crippen LogP contribution < -0.4 is 14.8 Å². The Morgan fingerprint density at radius 1 is 1.17 bits per heavy atom. The first-order chi connectivity index (χ1) is 14.0. The first-order valence-electron chi connectivity index (χ1n) is 8.80. The molecular formula is C21H21BrN2O3S2. The molecule has 1 aromatic heterocycles. The molecule has 0 saturated carbocycles. The number of halogens is 1. The number of hydrogen-bond donors (Lipinski definition) is 1. The molecule has 8 heteroatoms. The number of aromatic nitrogens is 1. The SMILES string of the molecule is COc1ccc(C)cc1NC(=O)CSCc1csc(-c2cc(Br)ccc2OC)n1. The van der Waals surface area contributed by atoms with Crippen molar-refractivity contribution in [2.24, 2.45) is 0 Å². The lowest BCUT2D eigenvalue weighted by molar-refractivity contribution is -0.113. The van der Waals surface area contributed by atoms with Gasteiger partial charge in [0.2, 0.25) is 5.91 Å². The summed E-state index contributed by atoms with van der Waals surface area (Å²) in [5.74, 6) is 2.37. The fourth-order valence-corrected chi connectivity index (χ4v) is 4.72. The van der Waals surface area contributed by atoms with Crippen LogP contribution in [0.15, 0.2) is 46.3 Å². The second-order valence-electron chi connectivity index (χ2n) is 6.23. The molecule has 0 aliphatic carbocycles. The number of benzene rings is 2. The van der Waals surface area contributed by atoms with E-state index in [0.717, 1.165) is 32.1 Å². The molecule has 3 rings (SSSR count). The van der Waals surface area contributed by atoms with Gasteiger partial charge >= 0.3 is 0 Å². The monoisotopic (exact) mass is 492 g/mol. The lowest BCUT2D eigenvalue weighted by atomic mass is 10.2. The first-order valence-corrected chi connectivity index (χ1v) is 11.6. The second-order valence-corrected chi connectivity index (χ2v) is 8.99. The third-order valence-electron chi connectivity index (χ3n) is 4.06. The predicted molar refractivity (Wildman–Crippen MR) is 124 cm³/mol. The molecule has 1 amide bonds. The average molecular weight is 493 g/mol. The van der Waals surface area contributed by atoms with Crippen LogP contribution in [0.1, 0.15) is 11.3 Å². The highest BCUT2D eigenvalue weighted by Gasteiger charge is 2.12. The Morgan fingerprint density at radius 2 is 1.93 bits per heavy atom. The fraction of sp³-hybridized carbons (Fsp3) is 0.238. The van der Waals surface area contributed by atoms with Crippen molar-refractivity contribution in [1.29, 1.82) is 0 Å². The molecule has 0 aliphatic heterocycles. The van der Waals surface area contributed by atoms with Gasteiger partial charge in [-0.05, 0) is 42.8 Å². The zero-order valence-electron chi connectivity index (χ0n) is 16.3. The van der Waals surface area contributed by atoms with Crippen molar-refractivity contribution < 1.29 is 14.3 Å². The minimum atomic E-state index is -0.0667. The van der Waals surface area contributed by atoms with Gasteiger partial charge in [0.25, 0.3) is 0 Å². The maximum atomic E-state index is 12.3. The van der Waals surface area contributed by atoms with E-state index in [9.17, 15) is 4.79 Å². The van der Waals surface area contributed by atoms with Crippen molar-refractivity contribution >= 4 is 50.6 Å². The van der Waals surface area contributed by atoms with Gasteiger partial charge in [0, 0.05) is 15.6 Å². The van der Waals surface area contributed by atoms with Crippen molar-refractivity contribution in [2.75, 3.05) is 25.3 Å². The maximum Gasteiger partial charge on any atom is 0.234 e. The van der Waals surface area contributed by atoms with Crippen molar-refractivity contribution in [3.63, 3.8) is 0 Å². The second kappa shape index (κ2) is 10.1. The van der Waals surface area contributed by atoms with Crippen LogP contribution in [-0.2, 0) is 10.5 Å². The van der Waals surface area contributed by atoms with E-state index in [1.807, 2.05) is 48.7 Å². The Morgan fingerprint density at radius 3 is 2.69 bits per heavy atom. The molecule has 0 radical (unpaired) electrons. The zero-order valence-corrected chi connectivity index (χ0v) is 19.5. The Bertz CT molecular complexity index is 1010. The van der Waals surface area contributed by atoms with E-state index >= 15 is 0 Å². The molecule has 0 bridgehead atoms.